The highest BCUT2D eigenvalue weighted by atomic mass is 19.1. The van der Waals surface area contributed by atoms with Crippen molar-refractivity contribution in [1.82, 2.24) is 10.2 Å². The van der Waals surface area contributed by atoms with E-state index in [1.54, 1.807) is 0 Å². The first-order chi connectivity index (χ1) is 9.63. The lowest BCUT2D eigenvalue weighted by Crippen LogP contribution is -2.47. The Morgan fingerprint density at radius 3 is 3.00 bits per heavy atom. The molecule has 1 aromatic rings. The summed E-state index contributed by atoms with van der Waals surface area (Å²) in [6.07, 6.45) is 4.50. The summed E-state index contributed by atoms with van der Waals surface area (Å²) in [6, 6.07) is 4.95. The number of nitrogens with two attached hydrogens (primary N) is 1. The maximum Gasteiger partial charge on any atom is 0.251 e. The predicted octanol–water partition coefficient (Wildman–Crippen LogP) is 1.76. The Morgan fingerprint density at radius 1 is 1.35 bits per heavy atom. The van der Waals surface area contributed by atoms with Crippen molar-refractivity contribution < 1.29 is 9.18 Å². The number of carbonyl (C=O) groups excluding carboxylic acids is 1. The summed E-state index contributed by atoms with van der Waals surface area (Å²) in [5.74, 6) is -0.644. The van der Waals surface area contributed by atoms with Crippen LogP contribution >= 0.6 is 0 Å². The van der Waals surface area contributed by atoms with Gasteiger partial charge in [0, 0.05) is 24.2 Å². The van der Waals surface area contributed by atoms with Crippen LogP contribution in [-0.2, 0) is 0 Å². The monoisotopic (exact) mass is 277 g/mol. The van der Waals surface area contributed by atoms with Gasteiger partial charge in [-0.05, 0) is 50.4 Å². The third kappa shape index (κ3) is 2.63. The molecule has 0 bridgehead atoms. The summed E-state index contributed by atoms with van der Waals surface area (Å²) >= 11 is 0. The molecule has 3 N–H and O–H groups in total. The fraction of sp³-hybridized carbons (Fsp3) is 0.533. The van der Waals surface area contributed by atoms with Gasteiger partial charge in [0.25, 0.3) is 5.91 Å². The van der Waals surface area contributed by atoms with Gasteiger partial charge in [0.2, 0.25) is 0 Å². The molecule has 2 aliphatic heterocycles. The highest BCUT2D eigenvalue weighted by molar-refractivity contribution is 5.95. The molecule has 0 aliphatic carbocycles. The molecular weight excluding hydrogens is 257 g/mol. The Balaban J connectivity index is 1.62. The fourth-order valence-electron chi connectivity index (χ4n) is 3.31. The van der Waals surface area contributed by atoms with Crippen molar-refractivity contribution in [1.29, 1.82) is 0 Å². The number of halogens is 1. The highest BCUT2D eigenvalue weighted by Gasteiger charge is 2.32. The van der Waals surface area contributed by atoms with Crippen LogP contribution < -0.4 is 11.1 Å². The molecular formula is C15H20FN3O. The zero-order valence-corrected chi connectivity index (χ0v) is 11.4. The number of hydrogen-bond donors (Lipinski definition) is 2. The summed E-state index contributed by atoms with van der Waals surface area (Å²) in [5, 5.41) is 3.05. The number of hydrogen-bond acceptors (Lipinski definition) is 3. The Labute approximate surface area is 118 Å². The number of nitrogen functional groups attached to an aromatic ring is 1. The Morgan fingerprint density at radius 2 is 2.20 bits per heavy atom. The number of piperidine rings is 1. The van der Waals surface area contributed by atoms with Gasteiger partial charge in [-0.1, -0.05) is 0 Å². The van der Waals surface area contributed by atoms with E-state index in [2.05, 4.69) is 10.2 Å². The minimum absolute atomic E-state index is 0.0169. The summed E-state index contributed by atoms with van der Waals surface area (Å²) in [6.45, 7) is 2.25. The lowest BCUT2D eigenvalue weighted by Gasteiger charge is -2.35. The van der Waals surface area contributed by atoms with E-state index in [0.29, 0.717) is 11.6 Å². The van der Waals surface area contributed by atoms with Crippen molar-refractivity contribution in [2.75, 3.05) is 18.8 Å². The van der Waals surface area contributed by atoms with E-state index in [0.717, 1.165) is 19.4 Å². The second-order valence-electron chi connectivity index (χ2n) is 5.76. The number of nitrogens with zero attached hydrogens (tertiary/aromatic N) is 1. The van der Waals surface area contributed by atoms with Gasteiger partial charge in [0.05, 0.1) is 5.69 Å². The van der Waals surface area contributed by atoms with Gasteiger partial charge in [-0.25, -0.2) is 4.39 Å². The maximum atomic E-state index is 13.1. The van der Waals surface area contributed by atoms with Crippen LogP contribution in [0.3, 0.4) is 0 Å². The molecule has 2 heterocycles. The van der Waals surface area contributed by atoms with Gasteiger partial charge in [0.15, 0.2) is 0 Å². The second kappa shape index (κ2) is 5.40. The molecule has 5 heteroatoms. The van der Waals surface area contributed by atoms with Crippen LogP contribution in [0.4, 0.5) is 10.1 Å². The van der Waals surface area contributed by atoms with Gasteiger partial charge in [0.1, 0.15) is 5.82 Å². The number of carbonyl (C=O) groups is 1. The number of fused-ring (bicyclic) bond motifs is 1. The number of anilines is 1. The first kappa shape index (κ1) is 13.4. The van der Waals surface area contributed by atoms with Crippen molar-refractivity contribution >= 4 is 11.6 Å². The molecule has 2 unspecified atom stereocenters. The summed E-state index contributed by atoms with van der Waals surface area (Å²) < 4.78 is 13.1. The van der Waals surface area contributed by atoms with E-state index in [-0.39, 0.29) is 17.6 Å². The SMILES string of the molecule is Nc1cc(C(=O)NC2CCN3CCCC3C2)ccc1F. The first-order valence-corrected chi connectivity index (χ1v) is 7.23. The normalized spacial score (nSPS) is 26.2. The van der Waals surface area contributed by atoms with Crippen LogP contribution in [0.5, 0.6) is 0 Å². The molecule has 2 fully saturated rings. The van der Waals surface area contributed by atoms with Crippen LogP contribution in [-0.4, -0.2) is 36.0 Å². The molecule has 4 nitrogen and oxygen atoms in total. The predicted molar refractivity (Wildman–Crippen MR) is 75.9 cm³/mol. The number of rotatable bonds is 2. The Kier molecular flexibility index (Phi) is 3.61. The van der Waals surface area contributed by atoms with Gasteiger partial charge in [-0.15, -0.1) is 0 Å². The van der Waals surface area contributed by atoms with E-state index >= 15 is 0 Å². The minimum Gasteiger partial charge on any atom is -0.396 e. The van der Waals surface area contributed by atoms with Crippen LogP contribution in [0.1, 0.15) is 36.0 Å². The van der Waals surface area contributed by atoms with E-state index < -0.39 is 5.82 Å². The van der Waals surface area contributed by atoms with Gasteiger partial charge in [-0.3, -0.25) is 4.79 Å². The fourth-order valence-corrected chi connectivity index (χ4v) is 3.31. The molecule has 0 aromatic heterocycles. The highest BCUT2D eigenvalue weighted by Crippen LogP contribution is 2.27. The number of benzene rings is 1. The van der Waals surface area contributed by atoms with Crippen LogP contribution in [0.25, 0.3) is 0 Å². The van der Waals surface area contributed by atoms with Crippen LogP contribution in [0.15, 0.2) is 18.2 Å². The van der Waals surface area contributed by atoms with E-state index in [4.69, 9.17) is 5.73 Å². The molecule has 0 radical (unpaired) electrons. The van der Waals surface area contributed by atoms with Gasteiger partial charge in [-0.2, -0.15) is 0 Å². The lowest BCUT2D eigenvalue weighted by molar-refractivity contribution is 0.0896. The smallest absolute Gasteiger partial charge is 0.251 e. The van der Waals surface area contributed by atoms with Crippen molar-refractivity contribution in [2.24, 2.45) is 0 Å². The standard InChI is InChI=1S/C15H20FN3O/c16-13-4-3-10(8-14(13)17)15(20)18-11-5-7-19-6-1-2-12(19)9-11/h3-4,8,11-12H,1-2,5-7,9,17H2,(H,18,20). The molecule has 2 atom stereocenters. The maximum absolute atomic E-state index is 13.1. The minimum atomic E-state index is -0.485. The Hall–Kier alpha value is -1.62. The Bertz CT molecular complexity index is 520. The quantitative estimate of drug-likeness (QED) is 0.810. The molecule has 2 saturated heterocycles. The molecule has 3 rings (SSSR count). The molecule has 1 amide bonds. The van der Waals surface area contributed by atoms with Gasteiger partial charge >= 0.3 is 0 Å². The average Bonchev–Trinajstić information content (AvgIpc) is 2.89. The van der Waals surface area contributed by atoms with Crippen molar-refractivity contribution in [2.45, 2.75) is 37.8 Å². The lowest BCUT2D eigenvalue weighted by atomic mass is 9.97. The van der Waals surface area contributed by atoms with E-state index in [1.807, 2.05) is 0 Å². The molecule has 0 spiro atoms. The van der Waals surface area contributed by atoms with Crippen molar-refractivity contribution in [3.05, 3.63) is 29.6 Å². The molecule has 108 valence electrons. The second-order valence-corrected chi connectivity index (χ2v) is 5.76. The third-order valence-electron chi connectivity index (χ3n) is 4.41. The number of nitrogens with one attached hydrogen (secondary N) is 1. The van der Waals surface area contributed by atoms with Crippen molar-refractivity contribution in [3.63, 3.8) is 0 Å². The molecule has 20 heavy (non-hydrogen) atoms. The van der Waals surface area contributed by atoms with Crippen molar-refractivity contribution in [3.8, 4) is 0 Å². The zero-order chi connectivity index (χ0) is 14.1. The van der Waals surface area contributed by atoms with Crippen LogP contribution in [0, 0.1) is 5.82 Å². The first-order valence-electron chi connectivity index (χ1n) is 7.23. The number of amides is 1. The zero-order valence-electron chi connectivity index (χ0n) is 11.4. The van der Waals surface area contributed by atoms with Crippen LogP contribution in [0.2, 0.25) is 0 Å². The molecule has 2 aliphatic rings. The third-order valence-corrected chi connectivity index (χ3v) is 4.41. The van der Waals surface area contributed by atoms with E-state index in [1.165, 1.54) is 37.6 Å². The molecule has 0 saturated carbocycles. The average molecular weight is 277 g/mol. The largest absolute Gasteiger partial charge is 0.396 e. The van der Waals surface area contributed by atoms with Gasteiger partial charge < -0.3 is 16.0 Å². The summed E-state index contributed by atoms with van der Waals surface area (Å²) in [5.41, 5.74) is 5.95. The molecule has 1 aromatic carbocycles. The summed E-state index contributed by atoms with van der Waals surface area (Å²) in [4.78, 5) is 14.7. The summed E-state index contributed by atoms with van der Waals surface area (Å²) in [7, 11) is 0. The topological polar surface area (TPSA) is 58.4 Å². The van der Waals surface area contributed by atoms with E-state index in [9.17, 15) is 9.18 Å².